The van der Waals surface area contributed by atoms with Gasteiger partial charge in [0.05, 0.1) is 5.56 Å². The third-order valence-corrected chi connectivity index (χ3v) is 8.16. The number of ether oxygens (including phenoxy) is 2. The maximum atomic E-state index is 13.2. The molecule has 3 rings (SSSR count). The van der Waals surface area contributed by atoms with E-state index in [0.29, 0.717) is 12.8 Å². The monoisotopic (exact) mass is 452 g/mol. The Morgan fingerprint density at radius 1 is 1.17 bits per heavy atom. The van der Waals surface area contributed by atoms with E-state index in [1.807, 2.05) is 0 Å². The Morgan fingerprint density at radius 3 is 2.23 bits per heavy atom. The lowest BCUT2D eigenvalue weighted by atomic mass is 9.98. The van der Waals surface area contributed by atoms with E-state index in [9.17, 15) is 26.4 Å². The van der Waals surface area contributed by atoms with Crippen LogP contribution in [0.15, 0.2) is 24.3 Å². The zero-order chi connectivity index (χ0) is 22.0. The van der Waals surface area contributed by atoms with E-state index in [2.05, 4.69) is 0 Å². The SMILES string of the molecule is O=C(NO)C1(S(=O)(=O)N2CCC(Oc3ccc(C(F)(F)F)cc3)CC2)CCOCC1. The van der Waals surface area contributed by atoms with Crippen molar-refractivity contribution in [1.29, 1.82) is 0 Å². The third kappa shape index (κ3) is 4.41. The summed E-state index contributed by atoms with van der Waals surface area (Å²) in [6, 6.07) is 4.32. The molecule has 1 amide bonds. The van der Waals surface area contributed by atoms with E-state index in [-0.39, 0.29) is 51.0 Å². The van der Waals surface area contributed by atoms with Gasteiger partial charge in [-0.05, 0) is 37.1 Å². The number of hydrogen-bond acceptors (Lipinski definition) is 6. The van der Waals surface area contributed by atoms with Crippen molar-refractivity contribution < 1.29 is 41.1 Å². The number of sulfonamides is 1. The van der Waals surface area contributed by atoms with E-state index < -0.39 is 32.4 Å². The highest BCUT2D eigenvalue weighted by Crippen LogP contribution is 2.35. The van der Waals surface area contributed by atoms with E-state index in [1.54, 1.807) is 0 Å². The average Bonchev–Trinajstić information content (AvgIpc) is 2.73. The average molecular weight is 452 g/mol. The molecular weight excluding hydrogens is 429 g/mol. The second-order valence-corrected chi connectivity index (χ2v) is 9.54. The number of rotatable bonds is 5. The fourth-order valence-corrected chi connectivity index (χ4v) is 5.91. The number of nitrogens with one attached hydrogen (secondary N) is 1. The van der Waals surface area contributed by atoms with Crippen LogP contribution in [0.25, 0.3) is 0 Å². The molecule has 1 aromatic carbocycles. The molecule has 2 aliphatic rings. The fourth-order valence-electron chi connectivity index (χ4n) is 3.76. The largest absolute Gasteiger partial charge is 0.490 e. The number of nitrogens with zero attached hydrogens (tertiary/aromatic N) is 1. The van der Waals surface area contributed by atoms with Crippen LogP contribution in [0.3, 0.4) is 0 Å². The van der Waals surface area contributed by atoms with E-state index in [1.165, 1.54) is 21.9 Å². The Kier molecular flexibility index (Phi) is 6.60. The summed E-state index contributed by atoms with van der Waals surface area (Å²) < 4.78 is 74.6. The summed E-state index contributed by atoms with van der Waals surface area (Å²) in [4.78, 5) is 12.3. The molecule has 2 aliphatic heterocycles. The van der Waals surface area contributed by atoms with Crippen molar-refractivity contribution in [2.45, 2.75) is 42.7 Å². The first kappa shape index (κ1) is 22.8. The van der Waals surface area contributed by atoms with Gasteiger partial charge in [-0.1, -0.05) is 0 Å². The van der Waals surface area contributed by atoms with Crippen molar-refractivity contribution in [2.75, 3.05) is 26.3 Å². The molecule has 2 fully saturated rings. The Hall–Kier alpha value is -1.89. The zero-order valence-electron chi connectivity index (χ0n) is 16.0. The maximum Gasteiger partial charge on any atom is 0.416 e. The number of hydrogen-bond donors (Lipinski definition) is 2. The van der Waals surface area contributed by atoms with Crippen molar-refractivity contribution in [1.82, 2.24) is 9.79 Å². The Labute approximate surface area is 172 Å². The van der Waals surface area contributed by atoms with Crippen molar-refractivity contribution >= 4 is 15.9 Å². The Bertz CT molecular complexity index is 846. The third-order valence-electron chi connectivity index (χ3n) is 5.53. The van der Waals surface area contributed by atoms with Gasteiger partial charge < -0.3 is 9.47 Å². The van der Waals surface area contributed by atoms with Gasteiger partial charge in [0.1, 0.15) is 11.9 Å². The van der Waals surface area contributed by atoms with Gasteiger partial charge in [-0.2, -0.15) is 13.2 Å². The normalized spacial score (nSPS) is 21.2. The van der Waals surface area contributed by atoms with Crippen molar-refractivity contribution in [3.8, 4) is 5.75 Å². The highest BCUT2D eigenvalue weighted by molar-refractivity contribution is 7.91. The molecule has 12 heteroatoms. The number of piperidine rings is 1. The van der Waals surface area contributed by atoms with Crippen molar-refractivity contribution in [2.24, 2.45) is 0 Å². The summed E-state index contributed by atoms with van der Waals surface area (Å²) in [7, 11) is -4.08. The molecule has 0 spiro atoms. The van der Waals surface area contributed by atoms with Crippen LogP contribution in [0.1, 0.15) is 31.2 Å². The first-order valence-corrected chi connectivity index (χ1v) is 10.9. The second-order valence-electron chi connectivity index (χ2n) is 7.29. The lowest BCUT2D eigenvalue weighted by molar-refractivity contribution is -0.137. The first-order valence-electron chi connectivity index (χ1n) is 9.46. The molecule has 0 radical (unpaired) electrons. The number of amides is 1. The number of carbonyl (C=O) groups is 1. The minimum absolute atomic E-state index is 0.0658. The summed E-state index contributed by atoms with van der Waals surface area (Å²) in [5.74, 6) is -0.709. The molecule has 2 saturated heterocycles. The minimum atomic E-state index is -4.43. The van der Waals surface area contributed by atoms with Crippen LogP contribution in [-0.4, -0.2) is 61.0 Å². The van der Waals surface area contributed by atoms with Crippen LogP contribution >= 0.6 is 0 Å². The zero-order valence-corrected chi connectivity index (χ0v) is 16.8. The number of benzene rings is 1. The molecule has 2 heterocycles. The number of alkyl halides is 3. The first-order chi connectivity index (χ1) is 14.1. The van der Waals surface area contributed by atoms with Crippen LogP contribution in [0, 0.1) is 0 Å². The van der Waals surface area contributed by atoms with Gasteiger partial charge in [0, 0.05) is 39.1 Å². The van der Waals surface area contributed by atoms with Gasteiger partial charge >= 0.3 is 6.18 Å². The summed E-state index contributed by atoms with van der Waals surface area (Å²) in [5, 5.41) is 9.08. The molecule has 0 aliphatic carbocycles. The van der Waals surface area contributed by atoms with Gasteiger partial charge in [-0.25, -0.2) is 18.2 Å². The Morgan fingerprint density at radius 2 is 1.73 bits per heavy atom. The molecule has 0 aromatic heterocycles. The fraction of sp³-hybridized carbons (Fsp3) is 0.611. The van der Waals surface area contributed by atoms with Crippen LogP contribution < -0.4 is 10.2 Å². The van der Waals surface area contributed by atoms with Crippen molar-refractivity contribution in [3.05, 3.63) is 29.8 Å². The highest BCUT2D eigenvalue weighted by atomic mass is 32.2. The summed E-state index contributed by atoms with van der Waals surface area (Å²) >= 11 is 0. The summed E-state index contributed by atoms with van der Waals surface area (Å²) in [6.45, 7) is 0.351. The van der Waals surface area contributed by atoms with Gasteiger partial charge in [0.15, 0.2) is 4.75 Å². The minimum Gasteiger partial charge on any atom is -0.490 e. The molecule has 30 heavy (non-hydrogen) atoms. The lowest BCUT2D eigenvalue weighted by Crippen LogP contribution is -2.60. The van der Waals surface area contributed by atoms with Crippen LogP contribution in [0.2, 0.25) is 0 Å². The number of halogens is 3. The number of hydroxylamine groups is 1. The van der Waals surface area contributed by atoms with E-state index >= 15 is 0 Å². The maximum absolute atomic E-state index is 13.2. The summed E-state index contributed by atoms with van der Waals surface area (Å²) in [6.07, 6.45) is -4.31. The molecule has 0 unspecified atom stereocenters. The van der Waals surface area contributed by atoms with Crippen LogP contribution in [0.5, 0.6) is 5.75 Å². The van der Waals surface area contributed by atoms with Crippen molar-refractivity contribution in [3.63, 3.8) is 0 Å². The summed E-state index contributed by atoms with van der Waals surface area (Å²) in [5.41, 5.74) is 0.694. The second kappa shape index (κ2) is 8.69. The molecular formula is C18H23F3N2O6S. The van der Waals surface area contributed by atoms with Gasteiger partial charge in [-0.3, -0.25) is 10.0 Å². The molecule has 1 aromatic rings. The standard InChI is InChI=1S/C18H23F3N2O6S/c19-18(20,21)13-1-3-14(4-2-13)29-15-5-9-23(10-6-15)30(26,27)17(16(24)22-25)7-11-28-12-8-17/h1-4,15,25H,5-12H2,(H,22,24). The predicted octanol–water partition coefficient (Wildman–Crippen LogP) is 1.93. The van der Waals surface area contributed by atoms with Crippen LogP contribution in [0.4, 0.5) is 13.2 Å². The number of carbonyl (C=O) groups excluding carboxylic acids is 1. The highest BCUT2D eigenvalue weighted by Gasteiger charge is 2.54. The van der Waals surface area contributed by atoms with E-state index in [0.717, 1.165) is 12.1 Å². The van der Waals surface area contributed by atoms with Crippen LogP contribution in [-0.2, 0) is 25.7 Å². The molecule has 8 nitrogen and oxygen atoms in total. The quantitative estimate of drug-likeness (QED) is 0.523. The smallest absolute Gasteiger partial charge is 0.416 e. The molecule has 2 N–H and O–H groups in total. The van der Waals surface area contributed by atoms with E-state index in [4.69, 9.17) is 14.7 Å². The van der Waals surface area contributed by atoms with Gasteiger partial charge in [-0.15, -0.1) is 0 Å². The van der Waals surface area contributed by atoms with Gasteiger partial charge in [0.2, 0.25) is 10.0 Å². The molecule has 0 bridgehead atoms. The molecule has 0 atom stereocenters. The molecule has 0 saturated carbocycles. The van der Waals surface area contributed by atoms with Gasteiger partial charge in [0.25, 0.3) is 5.91 Å². The molecule has 168 valence electrons. The Balaban J connectivity index is 1.65. The predicted molar refractivity (Wildman–Crippen MR) is 98.3 cm³/mol. The lowest BCUT2D eigenvalue weighted by Gasteiger charge is -2.40. The topological polar surface area (TPSA) is 105 Å².